The maximum Gasteiger partial charge on any atom is -0.0414 e. The van der Waals surface area contributed by atoms with Gasteiger partial charge in [-0.25, -0.2) is 0 Å². The molecule has 0 spiro atoms. The first-order valence-electron chi connectivity index (χ1n) is 10.7. The van der Waals surface area contributed by atoms with Crippen LogP contribution in [-0.2, 0) is 0 Å². The predicted octanol–water partition coefficient (Wildman–Crippen LogP) is 8.40. The second-order valence-corrected chi connectivity index (χ2v) is 7.79. The van der Waals surface area contributed by atoms with Crippen molar-refractivity contribution in [3.8, 4) is 0 Å². The quantitative estimate of drug-likeness (QED) is 0.251. The van der Waals surface area contributed by atoms with Gasteiger partial charge in [-0.05, 0) is 24.2 Å². The smallest absolute Gasteiger partial charge is 0.0414 e. The highest BCUT2D eigenvalue weighted by Crippen LogP contribution is 2.26. The summed E-state index contributed by atoms with van der Waals surface area (Å²) >= 11 is 0. The zero-order valence-electron chi connectivity index (χ0n) is 16.6. The normalized spacial score (nSPS) is 14.5. The van der Waals surface area contributed by atoms with Crippen molar-refractivity contribution in [3.05, 3.63) is 0 Å². The first-order chi connectivity index (χ1) is 10.7. The van der Waals surface area contributed by atoms with E-state index in [0.29, 0.717) is 0 Å². The third-order valence-corrected chi connectivity index (χ3v) is 5.76. The topological polar surface area (TPSA) is 0 Å². The molecule has 2 atom stereocenters. The average Bonchev–Trinajstić information content (AvgIpc) is 2.54. The third kappa shape index (κ3) is 12.5. The number of rotatable bonds is 16. The van der Waals surface area contributed by atoms with Crippen LogP contribution in [0.2, 0.25) is 0 Å². The Morgan fingerprint density at radius 2 is 1.05 bits per heavy atom. The average molecular weight is 311 g/mol. The van der Waals surface area contributed by atoms with Gasteiger partial charge in [0.15, 0.2) is 0 Å². The molecule has 0 bridgehead atoms. The monoisotopic (exact) mass is 310 g/mol. The lowest BCUT2D eigenvalue weighted by Crippen LogP contribution is -2.07. The number of hydrogen-bond donors (Lipinski definition) is 0. The van der Waals surface area contributed by atoms with Crippen LogP contribution in [0, 0.1) is 17.8 Å². The Bertz CT molecular complexity index is 204. The Hall–Kier alpha value is 0. The fourth-order valence-corrected chi connectivity index (χ4v) is 3.75. The van der Waals surface area contributed by atoms with E-state index in [9.17, 15) is 0 Å². The number of hydrogen-bond acceptors (Lipinski definition) is 0. The van der Waals surface area contributed by atoms with E-state index in [1.807, 2.05) is 0 Å². The second-order valence-electron chi connectivity index (χ2n) is 7.79. The lowest BCUT2D eigenvalue weighted by molar-refractivity contribution is 0.319. The van der Waals surface area contributed by atoms with Crippen molar-refractivity contribution in [1.82, 2.24) is 0 Å². The van der Waals surface area contributed by atoms with Crippen LogP contribution in [-0.4, -0.2) is 0 Å². The van der Waals surface area contributed by atoms with E-state index in [1.165, 1.54) is 89.9 Å². The molecule has 0 saturated heterocycles. The summed E-state index contributed by atoms with van der Waals surface area (Å²) in [4.78, 5) is 0. The first-order valence-corrected chi connectivity index (χ1v) is 10.7. The standard InChI is InChI=1S/C22H46/c1-6-10-11-13-16-20(5)17-14-12-15-18-22(9-4)19-21(7-2)8-3/h20-22H,6-19H2,1-5H3. The summed E-state index contributed by atoms with van der Waals surface area (Å²) in [5, 5.41) is 0. The van der Waals surface area contributed by atoms with Crippen molar-refractivity contribution < 1.29 is 0 Å². The van der Waals surface area contributed by atoms with Crippen molar-refractivity contribution in [3.63, 3.8) is 0 Å². The van der Waals surface area contributed by atoms with E-state index in [-0.39, 0.29) is 0 Å². The highest BCUT2D eigenvalue weighted by molar-refractivity contribution is 4.64. The van der Waals surface area contributed by atoms with Gasteiger partial charge >= 0.3 is 0 Å². The minimum atomic E-state index is 0.961. The van der Waals surface area contributed by atoms with Gasteiger partial charge < -0.3 is 0 Å². The lowest BCUT2D eigenvalue weighted by Gasteiger charge is -2.20. The molecular formula is C22H46. The fraction of sp³-hybridized carbons (Fsp3) is 1.00. The molecule has 0 aliphatic carbocycles. The van der Waals surface area contributed by atoms with Crippen LogP contribution < -0.4 is 0 Å². The zero-order chi connectivity index (χ0) is 16.6. The highest BCUT2D eigenvalue weighted by Gasteiger charge is 2.12. The van der Waals surface area contributed by atoms with Crippen LogP contribution in [0.15, 0.2) is 0 Å². The molecule has 22 heavy (non-hydrogen) atoms. The Balaban J connectivity index is 3.56. The summed E-state index contributed by atoms with van der Waals surface area (Å²) in [5.74, 6) is 2.94. The van der Waals surface area contributed by atoms with Crippen molar-refractivity contribution in [2.24, 2.45) is 17.8 Å². The molecule has 0 fully saturated rings. The SMILES string of the molecule is CCCCCCC(C)CCCCCC(CC)CC(CC)CC. The van der Waals surface area contributed by atoms with E-state index >= 15 is 0 Å². The predicted molar refractivity (Wildman–Crippen MR) is 103 cm³/mol. The summed E-state index contributed by atoms with van der Waals surface area (Å²) in [6.45, 7) is 11.9. The zero-order valence-corrected chi connectivity index (χ0v) is 16.6. The summed E-state index contributed by atoms with van der Waals surface area (Å²) in [7, 11) is 0. The molecule has 134 valence electrons. The molecule has 0 N–H and O–H groups in total. The van der Waals surface area contributed by atoms with E-state index in [0.717, 1.165) is 17.8 Å². The minimum Gasteiger partial charge on any atom is -0.0654 e. The molecule has 0 amide bonds. The van der Waals surface area contributed by atoms with Gasteiger partial charge in [0.1, 0.15) is 0 Å². The van der Waals surface area contributed by atoms with Crippen molar-refractivity contribution in [2.45, 2.75) is 125 Å². The van der Waals surface area contributed by atoms with Crippen LogP contribution >= 0.6 is 0 Å². The van der Waals surface area contributed by atoms with Gasteiger partial charge in [0.2, 0.25) is 0 Å². The number of unbranched alkanes of at least 4 members (excludes halogenated alkanes) is 5. The van der Waals surface area contributed by atoms with Crippen molar-refractivity contribution >= 4 is 0 Å². The van der Waals surface area contributed by atoms with E-state index < -0.39 is 0 Å². The van der Waals surface area contributed by atoms with Crippen molar-refractivity contribution in [1.29, 1.82) is 0 Å². The maximum atomic E-state index is 2.47. The fourth-order valence-electron chi connectivity index (χ4n) is 3.75. The Morgan fingerprint density at radius 1 is 0.545 bits per heavy atom. The van der Waals surface area contributed by atoms with Crippen LogP contribution in [0.5, 0.6) is 0 Å². The molecule has 2 unspecified atom stereocenters. The van der Waals surface area contributed by atoms with Crippen LogP contribution in [0.3, 0.4) is 0 Å². The molecule has 0 rings (SSSR count). The summed E-state index contributed by atoms with van der Waals surface area (Å²) in [5.41, 5.74) is 0. The van der Waals surface area contributed by atoms with Gasteiger partial charge in [0.05, 0.1) is 0 Å². The molecule has 0 saturated carbocycles. The van der Waals surface area contributed by atoms with Gasteiger partial charge in [-0.2, -0.15) is 0 Å². The van der Waals surface area contributed by atoms with Crippen molar-refractivity contribution in [2.75, 3.05) is 0 Å². The minimum absolute atomic E-state index is 0.961. The van der Waals surface area contributed by atoms with Crippen LogP contribution in [0.1, 0.15) is 125 Å². The molecule has 0 aromatic carbocycles. The van der Waals surface area contributed by atoms with Gasteiger partial charge in [0, 0.05) is 0 Å². The second kappa shape index (κ2) is 15.9. The first kappa shape index (κ1) is 22.0. The molecule has 0 nitrogen and oxygen atoms in total. The molecule has 0 heteroatoms. The Kier molecular flexibility index (Phi) is 15.9. The third-order valence-electron chi connectivity index (χ3n) is 5.76. The Morgan fingerprint density at radius 3 is 1.55 bits per heavy atom. The van der Waals surface area contributed by atoms with E-state index in [1.54, 1.807) is 0 Å². The van der Waals surface area contributed by atoms with Crippen LogP contribution in [0.25, 0.3) is 0 Å². The summed E-state index contributed by atoms with van der Waals surface area (Å²) in [6, 6.07) is 0. The molecular weight excluding hydrogens is 264 g/mol. The van der Waals surface area contributed by atoms with Gasteiger partial charge in [-0.15, -0.1) is 0 Å². The summed E-state index contributed by atoms with van der Waals surface area (Å²) in [6.07, 6.45) is 20.2. The molecule has 0 aliphatic rings. The van der Waals surface area contributed by atoms with E-state index in [2.05, 4.69) is 34.6 Å². The van der Waals surface area contributed by atoms with Gasteiger partial charge in [-0.1, -0.05) is 118 Å². The lowest BCUT2D eigenvalue weighted by atomic mass is 9.86. The Labute approximate surface area is 142 Å². The molecule has 0 aromatic heterocycles. The molecule has 0 heterocycles. The van der Waals surface area contributed by atoms with Gasteiger partial charge in [0.25, 0.3) is 0 Å². The summed E-state index contributed by atoms with van der Waals surface area (Å²) < 4.78 is 0. The van der Waals surface area contributed by atoms with E-state index in [4.69, 9.17) is 0 Å². The molecule has 0 aromatic rings. The van der Waals surface area contributed by atoms with Crippen LogP contribution in [0.4, 0.5) is 0 Å². The molecule has 0 aliphatic heterocycles. The maximum absolute atomic E-state index is 2.47. The molecule has 0 radical (unpaired) electrons. The van der Waals surface area contributed by atoms with Gasteiger partial charge in [-0.3, -0.25) is 0 Å². The largest absolute Gasteiger partial charge is 0.0654 e. The highest BCUT2D eigenvalue weighted by atomic mass is 14.2.